The molecule has 6 heteroatoms. The Labute approximate surface area is 102 Å². The molecule has 0 bridgehead atoms. The van der Waals surface area contributed by atoms with Crippen LogP contribution in [0.1, 0.15) is 27.2 Å². The van der Waals surface area contributed by atoms with Crippen molar-refractivity contribution in [3.05, 3.63) is 0 Å². The minimum Gasteiger partial charge on any atom is -0.480 e. The second kappa shape index (κ2) is 6.56. The number of carboxylic acids is 1. The number of nitrogens with one attached hydrogen (secondary N) is 1. The van der Waals surface area contributed by atoms with Gasteiger partial charge in [0, 0.05) is 20.1 Å². The third-order valence-corrected chi connectivity index (χ3v) is 2.44. The number of carbonyl (C=O) groups is 2. The van der Waals surface area contributed by atoms with Crippen molar-refractivity contribution in [2.75, 3.05) is 13.7 Å². The molecule has 2 atom stereocenters. The Bertz CT molecular complexity index is 273. The Hall–Kier alpha value is -1.14. The molecule has 0 aliphatic heterocycles. The van der Waals surface area contributed by atoms with Crippen LogP contribution in [0.4, 0.5) is 0 Å². The maximum absolute atomic E-state index is 11.7. The normalized spacial score (nSPS) is 15.1. The van der Waals surface area contributed by atoms with Crippen LogP contribution in [-0.2, 0) is 14.3 Å². The summed E-state index contributed by atoms with van der Waals surface area (Å²) in [4.78, 5) is 22.6. The van der Waals surface area contributed by atoms with E-state index in [0.29, 0.717) is 0 Å². The molecule has 0 aliphatic carbocycles. The average molecular weight is 246 g/mol. The molecule has 1 unspecified atom stereocenters. The molecule has 0 saturated carbocycles. The summed E-state index contributed by atoms with van der Waals surface area (Å²) < 4.78 is 4.79. The Morgan fingerprint density at radius 2 is 1.94 bits per heavy atom. The summed E-state index contributed by atoms with van der Waals surface area (Å²) in [6.07, 6.45) is 0.217. The van der Waals surface area contributed by atoms with E-state index < -0.39 is 29.4 Å². The van der Waals surface area contributed by atoms with Gasteiger partial charge in [-0.1, -0.05) is 20.8 Å². The maximum atomic E-state index is 11.7. The Kier molecular flexibility index (Phi) is 6.12. The van der Waals surface area contributed by atoms with Crippen molar-refractivity contribution in [1.82, 2.24) is 5.32 Å². The molecule has 6 nitrogen and oxygen atoms in total. The van der Waals surface area contributed by atoms with Crippen molar-refractivity contribution in [3.63, 3.8) is 0 Å². The van der Waals surface area contributed by atoms with Crippen molar-refractivity contribution in [2.45, 2.75) is 39.3 Å². The zero-order valence-corrected chi connectivity index (χ0v) is 10.8. The van der Waals surface area contributed by atoms with Crippen LogP contribution in [0.25, 0.3) is 0 Å². The number of carboxylic acid groups (broad SMARTS) is 1. The van der Waals surface area contributed by atoms with Crippen LogP contribution in [0, 0.1) is 5.41 Å². The first-order chi connectivity index (χ1) is 7.70. The largest absolute Gasteiger partial charge is 0.480 e. The Morgan fingerprint density at radius 3 is 2.29 bits per heavy atom. The summed E-state index contributed by atoms with van der Waals surface area (Å²) in [5.74, 6) is -1.54. The van der Waals surface area contributed by atoms with Crippen LogP contribution in [0.3, 0.4) is 0 Å². The van der Waals surface area contributed by atoms with E-state index in [2.05, 4.69) is 5.32 Å². The highest BCUT2D eigenvalue weighted by Gasteiger charge is 2.30. The molecule has 0 aromatic rings. The topological polar surface area (TPSA) is 102 Å². The predicted molar refractivity (Wildman–Crippen MR) is 63.5 cm³/mol. The van der Waals surface area contributed by atoms with E-state index in [-0.39, 0.29) is 13.0 Å². The lowest BCUT2D eigenvalue weighted by molar-refractivity contribution is -0.142. The van der Waals surface area contributed by atoms with E-state index in [9.17, 15) is 9.59 Å². The highest BCUT2D eigenvalue weighted by Crippen LogP contribution is 2.17. The van der Waals surface area contributed by atoms with Crippen LogP contribution in [0.15, 0.2) is 0 Å². The number of rotatable bonds is 6. The van der Waals surface area contributed by atoms with E-state index >= 15 is 0 Å². The molecule has 0 fully saturated rings. The molecule has 0 heterocycles. The molecule has 4 N–H and O–H groups in total. The summed E-state index contributed by atoms with van der Waals surface area (Å²) in [5, 5.41) is 11.3. The van der Waals surface area contributed by atoms with E-state index in [4.69, 9.17) is 15.6 Å². The molecule has 0 aliphatic rings. The SMILES string of the molecule is COCCC(NC(=O)[C@H](N)C(C)(C)C)C(=O)O. The monoisotopic (exact) mass is 246 g/mol. The summed E-state index contributed by atoms with van der Waals surface area (Å²) in [7, 11) is 1.47. The average Bonchev–Trinajstić information content (AvgIpc) is 2.20. The van der Waals surface area contributed by atoms with Crippen molar-refractivity contribution >= 4 is 11.9 Å². The van der Waals surface area contributed by atoms with Crippen molar-refractivity contribution < 1.29 is 19.4 Å². The number of hydrogen-bond donors (Lipinski definition) is 3. The fourth-order valence-electron chi connectivity index (χ4n) is 1.15. The number of hydrogen-bond acceptors (Lipinski definition) is 4. The first kappa shape index (κ1) is 15.9. The lowest BCUT2D eigenvalue weighted by atomic mass is 9.87. The van der Waals surface area contributed by atoms with Crippen LogP contribution in [0.2, 0.25) is 0 Å². The predicted octanol–water partition coefficient (Wildman–Crippen LogP) is -0.0343. The zero-order valence-electron chi connectivity index (χ0n) is 10.8. The van der Waals surface area contributed by atoms with E-state index in [1.54, 1.807) is 0 Å². The van der Waals surface area contributed by atoms with E-state index in [1.807, 2.05) is 20.8 Å². The smallest absolute Gasteiger partial charge is 0.326 e. The van der Waals surface area contributed by atoms with Gasteiger partial charge >= 0.3 is 5.97 Å². The number of carbonyl (C=O) groups excluding carboxylic acids is 1. The Morgan fingerprint density at radius 1 is 1.41 bits per heavy atom. The fourth-order valence-corrected chi connectivity index (χ4v) is 1.15. The van der Waals surface area contributed by atoms with Gasteiger partial charge in [0.2, 0.25) is 5.91 Å². The van der Waals surface area contributed by atoms with Crippen LogP contribution >= 0.6 is 0 Å². The zero-order chi connectivity index (χ0) is 13.6. The lowest BCUT2D eigenvalue weighted by Gasteiger charge is -2.27. The number of ether oxygens (including phenoxy) is 1. The van der Waals surface area contributed by atoms with Gasteiger partial charge in [-0.15, -0.1) is 0 Å². The minimum atomic E-state index is -1.09. The van der Waals surface area contributed by atoms with Crippen molar-refractivity contribution in [3.8, 4) is 0 Å². The van der Waals surface area contributed by atoms with Gasteiger partial charge in [0.25, 0.3) is 0 Å². The van der Waals surface area contributed by atoms with Gasteiger partial charge in [-0.05, 0) is 5.41 Å². The highest BCUT2D eigenvalue weighted by molar-refractivity contribution is 5.87. The first-order valence-electron chi connectivity index (χ1n) is 5.48. The maximum Gasteiger partial charge on any atom is 0.326 e. The van der Waals surface area contributed by atoms with Gasteiger partial charge in [0.15, 0.2) is 0 Å². The molecule has 100 valence electrons. The van der Waals surface area contributed by atoms with E-state index in [1.165, 1.54) is 7.11 Å². The number of amides is 1. The van der Waals surface area contributed by atoms with Gasteiger partial charge in [0.1, 0.15) is 6.04 Å². The van der Waals surface area contributed by atoms with E-state index in [0.717, 1.165) is 0 Å². The summed E-state index contributed by atoms with van der Waals surface area (Å²) in [6.45, 7) is 5.73. The van der Waals surface area contributed by atoms with Gasteiger partial charge in [0.05, 0.1) is 6.04 Å². The summed E-state index contributed by atoms with van der Waals surface area (Å²) in [5.41, 5.74) is 5.33. The lowest BCUT2D eigenvalue weighted by Crippen LogP contribution is -2.53. The molecule has 0 radical (unpaired) electrons. The first-order valence-corrected chi connectivity index (χ1v) is 5.48. The Balaban J connectivity index is 4.45. The molecule has 0 aromatic carbocycles. The minimum absolute atomic E-state index is 0.217. The number of methoxy groups -OCH3 is 1. The van der Waals surface area contributed by atoms with Crippen LogP contribution in [0.5, 0.6) is 0 Å². The van der Waals surface area contributed by atoms with Crippen LogP contribution < -0.4 is 11.1 Å². The highest BCUT2D eigenvalue weighted by atomic mass is 16.5. The van der Waals surface area contributed by atoms with Gasteiger partial charge in [-0.2, -0.15) is 0 Å². The second-order valence-corrected chi connectivity index (χ2v) is 5.02. The second-order valence-electron chi connectivity index (χ2n) is 5.02. The molecule has 17 heavy (non-hydrogen) atoms. The number of nitrogens with two attached hydrogens (primary N) is 1. The fraction of sp³-hybridized carbons (Fsp3) is 0.818. The molecular weight excluding hydrogens is 224 g/mol. The number of aliphatic carboxylic acids is 1. The molecule has 0 spiro atoms. The third kappa shape index (κ3) is 5.65. The molecule has 0 rings (SSSR count). The van der Waals surface area contributed by atoms with Crippen LogP contribution in [-0.4, -0.2) is 42.8 Å². The summed E-state index contributed by atoms with van der Waals surface area (Å²) in [6, 6.07) is -1.71. The third-order valence-electron chi connectivity index (χ3n) is 2.44. The molecule has 0 saturated heterocycles. The van der Waals surface area contributed by atoms with Gasteiger partial charge in [-0.25, -0.2) is 4.79 Å². The standard InChI is InChI=1S/C11H22N2O4/c1-11(2,3)8(12)9(14)13-7(10(15)16)5-6-17-4/h7-8H,5-6,12H2,1-4H3,(H,13,14)(H,15,16)/t7?,8-/m0/s1. The van der Waals surface area contributed by atoms with Crippen molar-refractivity contribution in [2.24, 2.45) is 11.1 Å². The molecular formula is C11H22N2O4. The quantitative estimate of drug-likeness (QED) is 0.610. The summed E-state index contributed by atoms with van der Waals surface area (Å²) >= 11 is 0. The molecule has 0 aromatic heterocycles. The molecule has 1 amide bonds. The van der Waals surface area contributed by atoms with Gasteiger partial charge < -0.3 is 20.9 Å². The van der Waals surface area contributed by atoms with Crippen molar-refractivity contribution in [1.29, 1.82) is 0 Å². The van der Waals surface area contributed by atoms with Gasteiger partial charge in [-0.3, -0.25) is 4.79 Å².